The van der Waals surface area contributed by atoms with Crippen molar-refractivity contribution < 1.29 is 32.6 Å². The van der Waals surface area contributed by atoms with Crippen molar-refractivity contribution >= 4 is 17.5 Å². The van der Waals surface area contributed by atoms with Crippen LogP contribution in [0.5, 0.6) is 0 Å². The molecule has 0 bridgehead atoms. The molecule has 0 aliphatic carbocycles. The van der Waals surface area contributed by atoms with Gasteiger partial charge in [0, 0.05) is 6.20 Å². The Morgan fingerprint density at radius 1 is 1.50 bits per heavy atom. The number of ether oxygens (including phenoxy) is 1. The third kappa shape index (κ3) is 4.38. The van der Waals surface area contributed by atoms with E-state index in [1.807, 2.05) is 0 Å². The highest BCUT2D eigenvalue weighted by molar-refractivity contribution is 5.84. The number of aliphatic hydroxyl groups is 3. The molecule has 0 aromatic carbocycles. The van der Waals surface area contributed by atoms with Crippen LogP contribution in [-0.4, -0.2) is 56.5 Å². The lowest BCUT2D eigenvalue weighted by Crippen LogP contribution is -2.36. The summed E-state index contributed by atoms with van der Waals surface area (Å²) in [5, 5.41) is 10.6. The minimum atomic E-state index is -5.02. The second kappa shape index (κ2) is 7.54. The lowest BCUT2D eigenvalue weighted by Gasteiger charge is -2.11. The van der Waals surface area contributed by atoms with E-state index in [1.165, 1.54) is 6.20 Å². The molecule has 12 heteroatoms. The number of nitrogens with one attached hydrogen (secondary N) is 1. The number of anilines is 1. The number of amides is 1. The monoisotopic (exact) mass is 375 g/mol. The van der Waals surface area contributed by atoms with Crippen molar-refractivity contribution in [2.24, 2.45) is 0 Å². The van der Waals surface area contributed by atoms with Crippen molar-refractivity contribution in [1.29, 1.82) is 0 Å². The second-order valence-corrected chi connectivity index (χ2v) is 5.21. The molecule has 0 spiro atoms. The van der Waals surface area contributed by atoms with Crippen LogP contribution in [0.15, 0.2) is 11.0 Å². The van der Waals surface area contributed by atoms with E-state index in [-0.39, 0.29) is 23.6 Å². The number of nitrogens with two attached hydrogens (primary N) is 1. The standard InChI is InChI=1S/C14H13F3N4O5/c15-14(16,17)12(24)19-3-1-2-7-5-21(13(25)20-11(7)18)10-4-8(23)9(6-22)26-10/h5,9-10,22H,3-4,6H2,(H,19,24)(H2,18,20,25)/p+1. The molecule has 1 aromatic rings. The zero-order chi connectivity index (χ0) is 19.5. The van der Waals surface area contributed by atoms with Gasteiger partial charge in [0.2, 0.25) is 18.1 Å². The number of alkyl halides is 3. The molecular weight excluding hydrogens is 361 g/mol. The van der Waals surface area contributed by atoms with Gasteiger partial charge in [0.25, 0.3) is 0 Å². The van der Waals surface area contributed by atoms with Crippen molar-refractivity contribution in [3.05, 3.63) is 22.2 Å². The van der Waals surface area contributed by atoms with E-state index in [4.69, 9.17) is 10.8 Å². The maximum absolute atomic E-state index is 12.0. The Hall–Kier alpha value is -2.91. The number of carbonyl (C=O) groups excluding carboxylic acids is 2. The van der Waals surface area contributed by atoms with Crippen LogP contribution in [0, 0.1) is 11.8 Å². The van der Waals surface area contributed by atoms with Crippen molar-refractivity contribution in [1.82, 2.24) is 14.9 Å². The van der Waals surface area contributed by atoms with Gasteiger partial charge < -0.3 is 20.9 Å². The average molecular weight is 375 g/mol. The fourth-order valence-electron chi connectivity index (χ4n) is 2.13. The van der Waals surface area contributed by atoms with Gasteiger partial charge in [-0.1, -0.05) is 11.8 Å². The molecule has 1 fully saturated rings. The van der Waals surface area contributed by atoms with E-state index >= 15 is 0 Å². The van der Waals surface area contributed by atoms with E-state index in [0.29, 0.717) is 0 Å². The van der Waals surface area contributed by atoms with Gasteiger partial charge in [0.15, 0.2) is 0 Å². The van der Waals surface area contributed by atoms with Crippen molar-refractivity contribution in [2.75, 3.05) is 18.9 Å². The van der Waals surface area contributed by atoms with Crippen LogP contribution < -0.4 is 16.7 Å². The second-order valence-electron chi connectivity index (χ2n) is 5.21. The number of halogens is 3. The quantitative estimate of drug-likeness (QED) is 0.421. The SMILES string of the molecule is Nc1nc(=O)n(C2CC(=O)C(CO)[OH+]2)cc1C#CCNC(=O)C(F)(F)F. The number of nitrogen functional groups attached to an aromatic ring is 1. The van der Waals surface area contributed by atoms with Crippen LogP contribution in [-0.2, 0) is 9.59 Å². The lowest BCUT2D eigenvalue weighted by atomic mass is 10.2. The van der Waals surface area contributed by atoms with E-state index in [2.05, 4.69) is 21.6 Å². The highest BCUT2D eigenvalue weighted by Gasteiger charge is 2.40. The van der Waals surface area contributed by atoms with Gasteiger partial charge in [-0.15, -0.1) is 0 Å². The van der Waals surface area contributed by atoms with Gasteiger partial charge in [-0.2, -0.15) is 18.2 Å². The summed E-state index contributed by atoms with van der Waals surface area (Å²) in [6.07, 6.45) is -5.78. The number of aliphatic hydroxyl groups excluding tert-OH is 1. The van der Waals surface area contributed by atoms with Crippen LogP contribution in [0.25, 0.3) is 0 Å². The minimum absolute atomic E-state index is 0.0148. The molecule has 2 rings (SSSR count). The summed E-state index contributed by atoms with van der Waals surface area (Å²) in [7, 11) is 0. The number of nitrogens with zero attached hydrogens (tertiary/aromatic N) is 2. The molecule has 0 radical (unpaired) electrons. The Labute approximate surface area is 144 Å². The van der Waals surface area contributed by atoms with Crippen molar-refractivity contribution in [3.8, 4) is 11.8 Å². The molecule has 140 valence electrons. The molecule has 1 aliphatic heterocycles. The first-order chi connectivity index (χ1) is 12.1. The van der Waals surface area contributed by atoms with Crippen LogP contribution in [0.4, 0.5) is 19.0 Å². The molecule has 1 aromatic heterocycles. The Morgan fingerprint density at radius 2 is 2.19 bits per heavy atom. The third-order valence-electron chi connectivity index (χ3n) is 3.40. The summed E-state index contributed by atoms with van der Waals surface area (Å²) in [5.41, 5.74) is 4.77. The maximum Gasteiger partial charge on any atom is 0.471 e. The first-order valence-electron chi connectivity index (χ1n) is 7.19. The summed E-state index contributed by atoms with van der Waals surface area (Å²) in [6.45, 7) is -1.09. The molecule has 5 N–H and O–H groups in total. The highest BCUT2D eigenvalue weighted by atomic mass is 19.4. The van der Waals surface area contributed by atoms with Gasteiger partial charge in [0.05, 0.1) is 12.1 Å². The number of hydrogen-bond acceptors (Lipinski definition) is 6. The lowest BCUT2D eigenvalue weighted by molar-refractivity contribution is -0.173. The molecular formula is C14H14F3N4O5+. The number of carbonyl (C=O) groups is 2. The third-order valence-corrected chi connectivity index (χ3v) is 3.40. The van der Waals surface area contributed by atoms with Gasteiger partial charge in [-0.3, -0.25) is 9.59 Å². The van der Waals surface area contributed by atoms with Gasteiger partial charge in [-0.25, -0.2) is 9.36 Å². The smallest absolute Gasteiger partial charge is 0.405 e. The Morgan fingerprint density at radius 3 is 2.77 bits per heavy atom. The molecule has 2 atom stereocenters. The summed E-state index contributed by atoms with van der Waals surface area (Å²) >= 11 is 0. The molecule has 1 amide bonds. The van der Waals surface area contributed by atoms with Crippen LogP contribution in [0.3, 0.4) is 0 Å². The summed E-state index contributed by atoms with van der Waals surface area (Å²) in [6, 6.07) is 0. The number of ketones is 1. The summed E-state index contributed by atoms with van der Waals surface area (Å²) < 4.78 is 41.1. The Bertz CT molecular complexity index is 840. The predicted octanol–water partition coefficient (Wildman–Crippen LogP) is -1.78. The predicted molar refractivity (Wildman–Crippen MR) is 80.6 cm³/mol. The fourth-order valence-corrected chi connectivity index (χ4v) is 2.13. The molecule has 0 saturated carbocycles. The van der Waals surface area contributed by atoms with Crippen molar-refractivity contribution in [2.45, 2.75) is 24.9 Å². The largest absolute Gasteiger partial charge is 0.471 e. The molecule has 2 heterocycles. The van der Waals surface area contributed by atoms with E-state index in [1.54, 1.807) is 5.32 Å². The maximum atomic E-state index is 12.0. The minimum Gasteiger partial charge on any atom is -0.405 e. The average Bonchev–Trinajstić information content (AvgIpc) is 2.92. The molecule has 1 aliphatic rings. The van der Waals surface area contributed by atoms with Crippen LogP contribution in [0.1, 0.15) is 18.2 Å². The number of aromatic nitrogens is 2. The zero-order valence-electron chi connectivity index (χ0n) is 13.1. The normalized spacial score (nSPS) is 19.8. The van der Waals surface area contributed by atoms with E-state index < -0.39 is 43.3 Å². The van der Waals surface area contributed by atoms with Gasteiger partial charge in [-0.05, 0) is 0 Å². The Kier molecular flexibility index (Phi) is 5.63. The molecule has 9 nitrogen and oxygen atoms in total. The molecule has 1 saturated heterocycles. The highest BCUT2D eigenvalue weighted by Crippen LogP contribution is 2.21. The van der Waals surface area contributed by atoms with Crippen molar-refractivity contribution in [3.63, 3.8) is 0 Å². The number of rotatable bonds is 3. The summed E-state index contributed by atoms with van der Waals surface area (Å²) in [4.78, 5) is 37.7. The zero-order valence-corrected chi connectivity index (χ0v) is 13.1. The fraction of sp³-hybridized carbons (Fsp3) is 0.429. The molecule has 26 heavy (non-hydrogen) atoms. The van der Waals surface area contributed by atoms with E-state index in [0.717, 1.165) is 4.57 Å². The first kappa shape index (κ1) is 19.4. The topological polar surface area (TPSA) is 140 Å². The van der Waals surface area contributed by atoms with Gasteiger partial charge >= 0.3 is 17.8 Å². The van der Waals surface area contributed by atoms with Gasteiger partial charge in [0.1, 0.15) is 18.8 Å². The number of hydrogen-bond donors (Lipinski definition) is 3. The molecule has 2 unspecified atom stereocenters. The number of Topliss-reactive ketones (excluding diaryl/α,β-unsaturated/α-hetero) is 1. The van der Waals surface area contributed by atoms with Crippen LogP contribution >= 0.6 is 0 Å². The van der Waals surface area contributed by atoms with Crippen LogP contribution in [0.2, 0.25) is 0 Å². The first-order valence-corrected chi connectivity index (χ1v) is 7.19. The summed E-state index contributed by atoms with van der Waals surface area (Å²) in [5.74, 6) is 1.91. The Balaban J connectivity index is 2.16. The van der Waals surface area contributed by atoms with E-state index in [9.17, 15) is 27.6 Å².